The van der Waals surface area contributed by atoms with Crippen molar-refractivity contribution in [2.45, 2.75) is 33.1 Å². The van der Waals surface area contributed by atoms with E-state index in [-0.39, 0.29) is 0 Å². The third kappa shape index (κ3) is 0.418. The standard InChI is InChI=1S/C12H18/c1-6(2)10-8-3-7-4-12(11(7)8)5-9(10)12/h6-11H,3-5H2,1-2H3. The van der Waals surface area contributed by atoms with E-state index < -0.39 is 0 Å². The molecular weight excluding hydrogens is 144 g/mol. The Labute approximate surface area is 74.7 Å². The van der Waals surface area contributed by atoms with E-state index in [1.807, 2.05) is 0 Å². The van der Waals surface area contributed by atoms with E-state index in [0.717, 1.165) is 17.3 Å². The van der Waals surface area contributed by atoms with Gasteiger partial charge >= 0.3 is 0 Å². The highest BCUT2D eigenvalue weighted by Gasteiger charge is 2.81. The van der Waals surface area contributed by atoms with Crippen molar-refractivity contribution in [2.24, 2.45) is 40.9 Å². The average molecular weight is 162 g/mol. The molecule has 0 nitrogen and oxygen atoms in total. The second-order valence-electron chi connectivity index (χ2n) is 6.25. The number of hydrogen-bond acceptors (Lipinski definition) is 0. The highest BCUT2D eigenvalue weighted by molar-refractivity contribution is 5.29. The van der Waals surface area contributed by atoms with Crippen LogP contribution in [0, 0.1) is 40.9 Å². The number of hydrogen-bond donors (Lipinski definition) is 0. The first kappa shape index (κ1) is 6.45. The minimum atomic E-state index is 0.975. The zero-order chi connectivity index (χ0) is 8.09. The molecule has 0 aromatic carbocycles. The quantitative estimate of drug-likeness (QED) is 0.556. The van der Waals surface area contributed by atoms with Crippen molar-refractivity contribution in [2.75, 3.05) is 0 Å². The summed E-state index contributed by atoms with van der Waals surface area (Å²) in [7, 11) is 0. The van der Waals surface area contributed by atoms with Crippen LogP contribution in [0.15, 0.2) is 0 Å². The molecule has 0 saturated heterocycles. The summed E-state index contributed by atoms with van der Waals surface area (Å²) in [5, 5.41) is 0. The molecule has 0 aliphatic heterocycles. The molecule has 0 N–H and O–H groups in total. The van der Waals surface area contributed by atoms with Crippen molar-refractivity contribution in [1.82, 2.24) is 0 Å². The van der Waals surface area contributed by atoms with Crippen molar-refractivity contribution in [3.63, 3.8) is 0 Å². The second-order valence-corrected chi connectivity index (χ2v) is 6.25. The Morgan fingerprint density at radius 2 is 2.08 bits per heavy atom. The Morgan fingerprint density at radius 1 is 1.25 bits per heavy atom. The van der Waals surface area contributed by atoms with Gasteiger partial charge in [0, 0.05) is 0 Å². The summed E-state index contributed by atoms with van der Waals surface area (Å²) in [6.45, 7) is 4.91. The van der Waals surface area contributed by atoms with E-state index >= 15 is 0 Å². The van der Waals surface area contributed by atoms with Crippen LogP contribution in [0.2, 0.25) is 0 Å². The van der Waals surface area contributed by atoms with Crippen LogP contribution in [0.1, 0.15) is 33.1 Å². The highest BCUT2D eigenvalue weighted by Crippen LogP contribution is 2.87. The van der Waals surface area contributed by atoms with E-state index in [2.05, 4.69) is 13.8 Å². The van der Waals surface area contributed by atoms with Gasteiger partial charge in [-0.15, -0.1) is 0 Å². The van der Waals surface area contributed by atoms with Crippen LogP contribution in [0.3, 0.4) is 0 Å². The van der Waals surface area contributed by atoms with E-state index in [4.69, 9.17) is 0 Å². The summed E-state index contributed by atoms with van der Waals surface area (Å²) in [4.78, 5) is 0. The predicted octanol–water partition coefficient (Wildman–Crippen LogP) is 2.93. The topological polar surface area (TPSA) is 0 Å². The first-order valence-electron chi connectivity index (χ1n) is 5.74. The molecule has 4 aliphatic rings. The molecule has 12 heavy (non-hydrogen) atoms. The molecule has 0 bridgehead atoms. The fourth-order valence-electron chi connectivity index (χ4n) is 5.51. The third-order valence-corrected chi connectivity index (χ3v) is 5.76. The van der Waals surface area contributed by atoms with Gasteiger partial charge in [-0.2, -0.15) is 0 Å². The zero-order valence-corrected chi connectivity index (χ0v) is 8.09. The molecule has 0 amide bonds. The van der Waals surface area contributed by atoms with Crippen LogP contribution >= 0.6 is 0 Å². The molecular formula is C12H18. The molecule has 0 heteroatoms. The predicted molar refractivity (Wildman–Crippen MR) is 48.6 cm³/mol. The summed E-state index contributed by atoms with van der Waals surface area (Å²) >= 11 is 0. The maximum absolute atomic E-state index is 2.45. The molecule has 4 saturated carbocycles. The molecule has 1 spiro atoms. The molecule has 0 heterocycles. The van der Waals surface area contributed by atoms with Gasteiger partial charge in [0.1, 0.15) is 0 Å². The lowest BCUT2D eigenvalue weighted by Crippen LogP contribution is -2.51. The summed E-state index contributed by atoms with van der Waals surface area (Å²) in [6.07, 6.45) is 4.89. The van der Waals surface area contributed by atoms with E-state index in [0.29, 0.717) is 0 Å². The van der Waals surface area contributed by atoms with Gasteiger partial charge in [-0.3, -0.25) is 0 Å². The zero-order valence-electron chi connectivity index (χ0n) is 8.09. The minimum absolute atomic E-state index is 0.975. The van der Waals surface area contributed by atoms with Crippen LogP contribution in [0.25, 0.3) is 0 Å². The fourth-order valence-corrected chi connectivity index (χ4v) is 5.51. The minimum Gasteiger partial charge on any atom is -0.0625 e. The molecule has 0 aromatic rings. The summed E-state index contributed by atoms with van der Waals surface area (Å²) in [5.41, 5.74) is 0.975. The second kappa shape index (κ2) is 1.51. The van der Waals surface area contributed by atoms with Gasteiger partial charge in [0.2, 0.25) is 0 Å². The lowest BCUT2D eigenvalue weighted by molar-refractivity contribution is -0.0915. The van der Waals surface area contributed by atoms with Gasteiger partial charge in [-0.25, -0.2) is 0 Å². The number of rotatable bonds is 1. The van der Waals surface area contributed by atoms with Gasteiger partial charge in [-0.1, -0.05) is 13.8 Å². The SMILES string of the molecule is CC(C)C1C2CC3CC4(CC14)C32. The highest BCUT2D eigenvalue weighted by atomic mass is 14.9. The molecule has 6 unspecified atom stereocenters. The maximum Gasteiger partial charge on any atom is -0.0227 e. The van der Waals surface area contributed by atoms with Crippen molar-refractivity contribution in [1.29, 1.82) is 0 Å². The Hall–Kier alpha value is 0. The molecule has 0 radical (unpaired) electrons. The van der Waals surface area contributed by atoms with E-state index in [1.165, 1.54) is 23.7 Å². The normalized spacial score (nSPS) is 69.8. The molecule has 66 valence electrons. The van der Waals surface area contributed by atoms with Crippen molar-refractivity contribution < 1.29 is 0 Å². The first-order chi connectivity index (χ1) is 5.74. The lowest BCUT2D eigenvalue weighted by atomic mass is 9.47. The van der Waals surface area contributed by atoms with Crippen molar-refractivity contribution in [3.05, 3.63) is 0 Å². The maximum atomic E-state index is 2.45. The molecule has 4 fully saturated rings. The van der Waals surface area contributed by atoms with Gasteiger partial charge in [0.25, 0.3) is 0 Å². The fraction of sp³-hybridized carbons (Fsp3) is 1.00. The van der Waals surface area contributed by atoms with Crippen LogP contribution in [-0.2, 0) is 0 Å². The van der Waals surface area contributed by atoms with Crippen molar-refractivity contribution in [3.8, 4) is 0 Å². The Kier molecular flexibility index (Phi) is 0.811. The van der Waals surface area contributed by atoms with Crippen LogP contribution in [0.4, 0.5) is 0 Å². The summed E-state index contributed by atoms with van der Waals surface area (Å²) in [5.74, 6) is 6.98. The average Bonchev–Trinajstić information content (AvgIpc) is 2.56. The third-order valence-electron chi connectivity index (χ3n) is 5.76. The summed E-state index contributed by atoms with van der Waals surface area (Å²) in [6, 6.07) is 0. The lowest BCUT2D eigenvalue weighted by Gasteiger charge is -2.58. The van der Waals surface area contributed by atoms with Crippen LogP contribution < -0.4 is 0 Å². The molecule has 0 aromatic heterocycles. The molecule has 6 atom stereocenters. The van der Waals surface area contributed by atoms with Gasteiger partial charge in [0.15, 0.2) is 0 Å². The Balaban J connectivity index is 1.74. The molecule has 4 aliphatic carbocycles. The van der Waals surface area contributed by atoms with Crippen LogP contribution in [0.5, 0.6) is 0 Å². The van der Waals surface area contributed by atoms with Crippen molar-refractivity contribution >= 4 is 0 Å². The van der Waals surface area contributed by atoms with Gasteiger partial charge in [0.05, 0.1) is 0 Å². The molecule has 4 rings (SSSR count). The monoisotopic (exact) mass is 162 g/mol. The summed E-state index contributed by atoms with van der Waals surface area (Å²) < 4.78 is 0. The van der Waals surface area contributed by atoms with E-state index in [1.54, 1.807) is 19.3 Å². The smallest absolute Gasteiger partial charge is 0.0227 e. The Bertz CT molecular complexity index is 251. The van der Waals surface area contributed by atoms with Gasteiger partial charge < -0.3 is 0 Å². The Morgan fingerprint density at radius 3 is 2.67 bits per heavy atom. The largest absolute Gasteiger partial charge is 0.0625 e. The first-order valence-corrected chi connectivity index (χ1v) is 5.74. The van der Waals surface area contributed by atoms with Crippen LogP contribution in [-0.4, -0.2) is 0 Å². The van der Waals surface area contributed by atoms with E-state index in [9.17, 15) is 0 Å². The van der Waals surface area contributed by atoms with Gasteiger partial charge in [-0.05, 0) is 60.2 Å².